The number of aliphatic hydroxyl groups is 9. The molecule has 0 bridgehead atoms. The van der Waals surface area contributed by atoms with E-state index in [9.17, 15) is 60.7 Å². The van der Waals surface area contributed by atoms with Crippen molar-refractivity contribution in [2.24, 2.45) is 50.2 Å². The normalized spacial score (nSPS) is 54.4. The first-order chi connectivity index (χ1) is 31.4. The molecule has 0 aromatic heterocycles. The standard InChI is InChI=1S/C48H76O19/c1-22-30(52)33(55)35(57)38(63-22)66-37-34(56)32(54)26(19-49)64-40(37)67-36-31(53)25(51)20-62-39(36)65-29-11-12-44(3)27(45(29,4)21-50)10-13-47(6)28(44)9-8-23-24-18-43(2,42(60)61-7)14-16-48(24,41(58)59)17-15-46(23,47)5/h8,22,24-40,49-57H,9-21H2,1-7H3,(H,58,59)/t22-,24-,25-,26+,27+,28-,29-,30-,31-,32+,33+,34+,35-,36+,37-,38+,39-,40-,43+,44+,45+,46+,47+,48-/m0/s1. The second-order valence-corrected chi connectivity index (χ2v) is 22.7. The number of carbonyl (C=O) groups is 2. The molecule has 67 heavy (non-hydrogen) atoms. The number of hydrogen-bond acceptors (Lipinski definition) is 18. The summed E-state index contributed by atoms with van der Waals surface area (Å²) in [6.07, 6.45) is -14.6. The van der Waals surface area contributed by atoms with Crippen LogP contribution in [-0.2, 0) is 42.7 Å². The number of allylic oxidation sites excluding steroid dienone is 2. The highest BCUT2D eigenvalue weighted by Gasteiger charge is 2.71. The second kappa shape index (κ2) is 18.3. The van der Waals surface area contributed by atoms with Crippen LogP contribution < -0.4 is 0 Å². The summed E-state index contributed by atoms with van der Waals surface area (Å²) < 4.78 is 41.7. The molecule has 10 N–H and O–H groups in total. The fourth-order valence-corrected chi connectivity index (χ4v) is 15.1. The van der Waals surface area contributed by atoms with E-state index in [-0.39, 0.29) is 53.2 Å². The first-order valence-electron chi connectivity index (χ1n) is 24.3. The molecule has 8 rings (SSSR count). The summed E-state index contributed by atoms with van der Waals surface area (Å²) in [5.74, 6) is -1.36. The van der Waals surface area contributed by atoms with Crippen molar-refractivity contribution < 1.29 is 93.8 Å². The number of fused-ring (bicyclic) bond motifs is 7. The number of rotatable bonds is 10. The summed E-state index contributed by atoms with van der Waals surface area (Å²) in [5, 5.41) is 108. The van der Waals surface area contributed by atoms with Gasteiger partial charge in [-0.05, 0) is 112 Å². The van der Waals surface area contributed by atoms with Crippen molar-refractivity contribution >= 4 is 11.9 Å². The number of carbonyl (C=O) groups excluding carboxylic acids is 1. The lowest BCUT2D eigenvalue weighted by Crippen LogP contribution is -2.67. The maximum atomic E-state index is 13.3. The summed E-state index contributed by atoms with van der Waals surface area (Å²) in [6, 6.07) is 0. The van der Waals surface area contributed by atoms with Gasteiger partial charge in [0, 0.05) is 5.41 Å². The highest BCUT2D eigenvalue weighted by atomic mass is 16.8. The van der Waals surface area contributed by atoms with Crippen LogP contribution in [0.4, 0.5) is 0 Å². The van der Waals surface area contributed by atoms with Gasteiger partial charge in [0.05, 0.1) is 50.0 Å². The van der Waals surface area contributed by atoms with E-state index >= 15 is 0 Å². The van der Waals surface area contributed by atoms with E-state index in [0.717, 1.165) is 18.4 Å². The van der Waals surface area contributed by atoms with Gasteiger partial charge in [0.15, 0.2) is 18.9 Å². The number of methoxy groups -OCH3 is 1. The molecule has 3 saturated heterocycles. The zero-order valence-electron chi connectivity index (χ0n) is 39.8. The number of aliphatic hydroxyl groups excluding tert-OH is 9. The van der Waals surface area contributed by atoms with Crippen LogP contribution in [0.1, 0.15) is 106 Å². The van der Waals surface area contributed by atoms with E-state index in [1.165, 1.54) is 14.0 Å². The van der Waals surface area contributed by atoms with Gasteiger partial charge in [-0.15, -0.1) is 0 Å². The molecule has 382 valence electrons. The van der Waals surface area contributed by atoms with Crippen LogP contribution >= 0.6 is 0 Å². The van der Waals surface area contributed by atoms with Crippen molar-refractivity contribution in [2.75, 3.05) is 26.9 Å². The smallest absolute Gasteiger partial charge is 0.311 e. The third kappa shape index (κ3) is 7.88. The fraction of sp³-hybridized carbons (Fsp3) is 0.917. The first kappa shape index (κ1) is 51.4. The van der Waals surface area contributed by atoms with Gasteiger partial charge in [0.25, 0.3) is 0 Å². The molecule has 0 aromatic carbocycles. The zero-order valence-corrected chi connectivity index (χ0v) is 39.8. The Labute approximate surface area is 391 Å². The number of carboxylic acid groups (broad SMARTS) is 1. The number of ether oxygens (including phenoxy) is 7. The van der Waals surface area contributed by atoms with Crippen molar-refractivity contribution in [3.8, 4) is 0 Å². The van der Waals surface area contributed by atoms with Crippen LogP contribution in [-0.4, -0.2) is 182 Å². The molecule has 3 aliphatic heterocycles. The van der Waals surface area contributed by atoms with Crippen molar-refractivity contribution in [2.45, 2.75) is 198 Å². The van der Waals surface area contributed by atoms with Gasteiger partial charge < -0.3 is 84.2 Å². The molecule has 24 atom stereocenters. The summed E-state index contributed by atoms with van der Waals surface area (Å²) in [4.78, 5) is 26.5. The van der Waals surface area contributed by atoms with E-state index in [1.807, 2.05) is 13.8 Å². The number of hydrogen-bond donors (Lipinski definition) is 10. The molecule has 4 saturated carbocycles. The summed E-state index contributed by atoms with van der Waals surface area (Å²) >= 11 is 0. The summed E-state index contributed by atoms with van der Waals surface area (Å²) in [7, 11) is 1.39. The van der Waals surface area contributed by atoms with E-state index < -0.39 is 121 Å². The van der Waals surface area contributed by atoms with Gasteiger partial charge in [-0.1, -0.05) is 39.3 Å². The van der Waals surface area contributed by atoms with E-state index in [0.29, 0.717) is 51.4 Å². The molecule has 0 aromatic rings. The zero-order chi connectivity index (χ0) is 49.0. The van der Waals surface area contributed by atoms with Crippen LogP contribution in [0, 0.1) is 50.2 Å². The van der Waals surface area contributed by atoms with Crippen molar-refractivity contribution in [1.29, 1.82) is 0 Å². The number of aliphatic carboxylic acids is 1. The largest absolute Gasteiger partial charge is 0.481 e. The molecule has 5 aliphatic carbocycles. The highest BCUT2D eigenvalue weighted by molar-refractivity contribution is 5.80. The molecule has 0 spiro atoms. The molecule has 3 heterocycles. The van der Waals surface area contributed by atoms with Crippen molar-refractivity contribution in [3.05, 3.63) is 11.6 Å². The van der Waals surface area contributed by atoms with Gasteiger partial charge in [-0.25, -0.2) is 0 Å². The lowest BCUT2D eigenvalue weighted by Gasteiger charge is -2.71. The third-order valence-electron chi connectivity index (χ3n) is 19.5. The van der Waals surface area contributed by atoms with Crippen LogP contribution in [0.5, 0.6) is 0 Å². The molecule has 0 unspecified atom stereocenters. The Morgan fingerprint density at radius 3 is 2.06 bits per heavy atom. The highest BCUT2D eigenvalue weighted by Crippen LogP contribution is 2.76. The first-order valence-corrected chi connectivity index (χ1v) is 24.3. The molecule has 7 fully saturated rings. The molecular formula is C48H76O19. The predicted molar refractivity (Wildman–Crippen MR) is 231 cm³/mol. The van der Waals surface area contributed by atoms with E-state index in [1.54, 1.807) is 0 Å². The summed E-state index contributed by atoms with van der Waals surface area (Å²) in [6.45, 7) is 10.9. The maximum absolute atomic E-state index is 13.3. The monoisotopic (exact) mass is 956 g/mol. The summed E-state index contributed by atoms with van der Waals surface area (Å²) in [5.41, 5.74) is -2.40. The van der Waals surface area contributed by atoms with E-state index in [4.69, 9.17) is 33.2 Å². The molecule has 19 nitrogen and oxygen atoms in total. The predicted octanol–water partition coefficient (Wildman–Crippen LogP) is 0.498. The van der Waals surface area contributed by atoms with Crippen LogP contribution in [0.15, 0.2) is 11.6 Å². The molecule has 8 aliphatic rings. The lowest BCUT2D eigenvalue weighted by molar-refractivity contribution is -0.392. The molecular weight excluding hydrogens is 881 g/mol. The minimum atomic E-state index is -1.84. The number of carboxylic acids is 1. The Hall–Kier alpha value is -1.92. The Bertz CT molecular complexity index is 1870. The quantitative estimate of drug-likeness (QED) is 0.0810. The Balaban J connectivity index is 1.05. The Kier molecular flexibility index (Phi) is 14.0. The van der Waals surface area contributed by atoms with E-state index in [2.05, 4.69) is 26.8 Å². The van der Waals surface area contributed by atoms with Gasteiger partial charge in [-0.3, -0.25) is 9.59 Å². The van der Waals surface area contributed by atoms with Crippen molar-refractivity contribution in [3.63, 3.8) is 0 Å². The van der Waals surface area contributed by atoms with Gasteiger partial charge in [0.2, 0.25) is 0 Å². The molecule has 0 amide bonds. The maximum Gasteiger partial charge on any atom is 0.311 e. The Morgan fingerprint density at radius 2 is 1.40 bits per heavy atom. The third-order valence-corrected chi connectivity index (χ3v) is 19.5. The fourth-order valence-electron chi connectivity index (χ4n) is 15.1. The second-order valence-electron chi connectivity index (χ2n) is 22.7. The van der Waals surface area contributed by atoms with Crippen LogP contribution in [0.25, 0.3) is 0 Å². The minimum absolute atomic E-state index is 0.0718. The van der Waals surface area contributed by atoms with Crippen LogP contribution in [0.2, 0.25) is 0 Å². The number of esters is 1. The average Bonchev–Trinajstić information content (AvgIpc) is 3.29. The Morgan fingerprint density at radius 1 is 0.731 bits per heavy atom. The van der Waals surface area contributed by atoms with Gasteiger partial charge in [-0.2, -0.15) is 0 Å². The average molecular weight is 957 g/mol. The topological polar surface area (TPSA) is 301 Å². The van der Waals surface area contributed by atoms with Crippen molar-refractivity contribution in [1.82, 2.24) is 0 Å². The minimum Gasteiger partial charge on any atom is -0.481 e. The van der Waals surface area contributed by atoms with Crippen LogP contribution in [0.3, 0.4) is 0 Å². The van der Waals surface area contributed by atoms with Gasteiger partial charge >= 0.3 is 11.9 Å². The SMILES string of the molecule is COC(=O)[C@]1(C)CC[C@]2(C(=O)O)CC[C@]3(C)C(=CC[C@H]4[C@]5(C)CC[C@H](O[C@@H]6OC[C@H](O)[C@H](O)[C@H]6O[C@@H]6O[C@H](CO)[C@@H](O)[C@@H](O)[C@@H]6O[C@H]6O[C@@H](C)[C@H](O)[C@@H](O)[C@@H]6O)[C@](C)(CO)[C@@H]5CC[C@]43C)[C@@H]2C1. The molecule has 0 radical (unpaired) electrons. The van der Waals surface area contributed by atoms with Gasteiger partial charge in [0.1, 0.15) is 61.0 Å². The molecule has 19 heteroatoms. The lowest BCUT2D eigenvalue weighted by atomic mass is 9.33.